The van der Waals surface area contributed by atoms with Crippen LogP contribution in [-0.4, -0.2) is 50.4 Å². The summed E-state index contributed by atoms with van der Waals surface area (Å²) in [6, 6.07) is 18.8. The molecule has 0 unspecified atom stereocenters. The number of anilines is 1. The average molecular weight is 570 g/mol. The molecule has 0 radical (unpaired) electrons. The van der Waals surface area contributed by atoms with Crippen LogP contribution in [0.15, 0.2) is 83.8 Å². The number of sulfonamides is 1. The summed E-state index contributed by atoms with van der Waals surface area (Å²) in [6.07, 6.45) is 0.700. The topological polar surface area (TPSA) is 96.0 Å². The van der Waals surface area contributed by atoms with Gasteiger partial charge in [-0.05, 0) is 81.3 Å². The van der Waals surface area contributed by atoms with Crippen LogP contribution in [0.2, 0.25) is 0 Å². The Labute approximate surface area is 235 Å². The van der Waals surface area contributed by atoms with E-state index in [1.54, 1.807) is 49.4 Å². The van der Waals surface area contributed by atoms with Crippen molar-refractivity contribution < 1.29 is 27.1 Å². The summed E-state index contributed by atoms with van der Waals surface area (Å²) < 4.78 is 47.6. The first-order valence-electron chi connectivity index (χ1n) is 13.2. The van der Waals surface area contributed by atoms with E-state index in [1.807, 2.05) is 20.8 Å². The minimum Gasteiger partial charge on any atom is -0.494 e. The highest BCUT2D eigenvalue weighted by Gasteiger charge is 2.32. The van der Waals surface area contributed by atoms with Gasteiger partial charge in [0.15, 0.2) is 0 Å². The van der Waals surface area contributed by atoms with Crippen molar-refractivity contribution in [1.82, 2.24) is 10.2 Å². The van der Waals surface area contributed by atoms with E-state index >= 15 is 0 Å². The molecular weight excluding hydrogens is 533 g/mol. The van der Waals surface area contributed by atoms with Crippen LogP contribution in [0.3, 0.4) is 0 Å². The van der Waals surface area contributed by atoms with Crippen LogP contribution in [0.4, 0.5) is 10.1 Å². The van der Waals surface area contributed by atoms with Gasteiger partial charge in [-0.1, -0.05) is 37.3 Å². The third-order valence-corrected chi connectivity index (χ3v) is 8.27. The number of carbonyl (C=O) groups is 2. The average Bonchev–Trinajstić information content (AvgIpc) is 2.96. The number of nitrogens with zero attached hydrogens (tertiary/aromatic N) is 2. The van der Waals surface area contributed by atoms with E-state index in [2.05, 4.69) is 5.32 Å². The minimum atomic E-state index is -4.16. The largest absolute Gasteiger partial charge is 0.494 e. The number of rotatable bonds is 13. The predicted octanol–water partition coefficient (Wildman–Crippen LogP) is 4.75. The van der Waals surface area contributed by atoms with Gasteiger partial charge in [-0.25, -0.2) is 12.8 Å². The first-order chi connectivity index (χ1) is 19.1. The van der Waals surface area contributed by atoms with Crippen LogP contribution in [0.5, 0.6) is 5.75 Å². The molecule has 0 aliphatic heterocycles. The number of hydrogen-bond donors (Lipinski definition) is 1. The summed E-state index contributed by atoms with van der Waals surface area (Å²) in [4.78, 5) is 28.3. The first kappa shape index (κ1) is 30.6. The summed E-state index contributed by atoms with van der Waals surface area (Å²) in [5.74, 6) is -0.837. The van der Waals surface area contributed by atoms with Crippen molar-refractivity contribution in [3.63, 3.8) is 0 Å². The van der Waals surface area contributed by atoms with Crippen LogP contribution < -0.4 is 14.4 Å². The number of ether oxygens (including phenoxy) is 1. The second-order valence-corrected chi connectivity index (χ2v) is 11.3. The molecule has 0 spiro atoms. The molecule has 0 aliphatic rings. The van der Waals surface area contributed by atoms with Crippen molar-refractivity contribution in [2.24, 2.45) is 0 Å². The number of benzene rings is 3. The summed E-state index contributed by atoms with van der Waals surface area (Å²) in [7, 11) is -4.16. The van der Waals surface area contributed by atoms with Crippen LogP contribution in [0, 0.1) is 5.82 Å². The lowest BCUT2D eigenvalue weighted by Crippen LogP contribution is -2.52. The lowest BCUT2D eigenvalue weighted by Gasteiger charge is -2.32. The van der Waals surface area contributed by atoms with Gasteiger partial charge < -0.3 is 15.0 Å². The van der Waals surface area contributed by atoms with Crippen molar-refractivity contribution in [3.8, 4) is 5.75 Å². The van der Waals surface area contributed by atoms with E-state index in [9.17, 15) is 22.4 Å². The number of nitrogens with one attached hydrogen (secondary N) is 1. The molecule has 2 amide bonds. The fourth-order valence-electron chi connectivity index (χ4n) is 3.96. The molecule has 0 aliphatic carbocycles. The fraction of sp³-hybridized carbons (Fsp3) is 0.333. The van der Waals surface area contributed by atoms with Gasteiger partial charge in [0, 0.05) is 12.6 Å². The molecule has 40 heavy (non-hydrogen) atoms. The number of amides is 2. The van der Waals surface area contributed by atoms with Crippen molar-refractivity contribution >= 4 is 27.5 Å². The zero-order valence-corrected chi connectivity index (χ0v) is 24.0. The van der Waals surface area contributed by atoms with Crippen molar-refractivity contribution in [3.05, 3.63) is 90.2 Å². The lowest BCUT2D eigenvalue weighted by atomic mass is 10.1. The van der Waals surface area contributed by atoms with E-state index in [0.29, 0.717) is 24.3 Å². The summed E-state index contributed by atoms with van der Waals surface area (Å²) >= 11 is 0. The van der Waals surface area contributed by atoms with Crippen LogP contribution in [0.1, 0.15) is 39.7 Å². The zero-order chi connectivity index (χ0) is 29.3. The van der Waals surface area contributed by atoms with Crippen LogP contribution in [0.25, 0.3) is 0 Å². The van der Waals surface area contributed by atoms with Gasteiger partial charge in [0.05, 0.1) is 17.2 Å². The van der Waals surface area contributed by atoms with Crippen molar-refractivity contribution in [2.45, 2.75) is 57.6 Å². The second-order valence-electron chi connectivity index (χ2n) is 9.39. The molecule has 8 nitrogen and oxygen atoms in total. The molecule has 3 aromatic rings. The Morgan fingerprint density at radius 3 is 2.12 bits per heavy atom. The molecule has 214 valence electrons. The van der Waals surface area contributed by atoms with Gasteiger partial charge in [-0.2, -0.15) is 0 Å². The van der Waals surface area contributed by atoms with Gasteiger partial charge in [-0.15, -0.1) is 0 Å². The molecule has 0 saturated heterocycles. The third-order valence-electron chi connectivity index (χ3n) is 6.48. The molecule has 3 aromatic carbocycles. The van der Waals surface area contributed by atoms with E-state index in [1.165, 1.54) is 41.3 Å². The Morgan fingerprint density at radius 2 is 1.55 bits per heavy atom. The molecule has 1 N–H and O–H groups in total. The summed E-state index contributed by atoms with van der Waals surface area (Å²) in [6.45, 7) is 7.08. The molecule has 0 fully saturated rings. The summed E-state index contributed by atoms with van der Waals surface area (Å²) in [5.41, 5.74) is 0.857. The quantitative estimate of drug-likeness (QED) is 0.321. The van der Waals surface area contributed by atoms with E-state index in [4.69, 9.17) is 4.74 Å². The van der Waals surface area contributed by atoms with E-state index in [-0.39, 0.29) is 29.1 Å². The smallest absolute Gasteiger partial charge is 0.264 e. The number of halogens is 1. The molecule has 10 heteroatoms. The highest BCUT2D eigenvalue weighted by Crippen LogP contribution is 2.26. The van der Waals surface area contributed by atoms with Gasteiger partial charge in [0.1, 0.15) is 24.2 Å². The SMILES string of the molecule is CCOc1ccc(N(CC(=O)N(Cc2ccc(F)cc2)[C@@H](C)C(=O)N[C@@H](C)CC)S(=O)(=O)c2ccccc2)cc1. The Hall–Kier alpha value is -3.92. The normalized spacial score (nSPS) is 12.7. The van der Waals surface area contributed by atoms with Crippen molar-refractivity contribution in [2.75, 3.05) is 17.5 Å². The highest BCUT2D eigenvalue weighted by atomic mass is 32.2. The molecule has 0 bridgehead atoms. The number of carbonyl (C=O) groups excluding carboxylic acids is 2. The molecule has 3 rings (SSSR count). The molecule has 0 saturated carbocycles. The Morgan fingerprint density at radius 1 is 0.925 bits per heavy atom. The van der Waals surface area contributed by atoms with Crippen molar-refractivity contribution in [1.29, 1.82) is 0 Å². The molecule has 0 aromatic heterocycles. The zero-order valence-electron chi connectivity index (χ0n) is 23.2. The number of hydrogen-bond acceptors (Lipinski definition) is 5. The van der Waals surface area contributed by atoms with E-state index in [0.717, 1.165) is 4.31 Å². The monoisotopic (exact) mass is 569 g/mol. The van der Waals surface area contributed by atoms with Gasteiger partial charge in [-0.3, -0.25) is 13.9 Å². The third kappa shape index (κ3) is 7.81. The summed E-state index contributed by atoms with van der Waals surface area (Å²) in [5, 5.41) is 2.88. The van der Waals surface area contributed by atoms with Gasteiger partial charge in [0.25, 0.3) is 10.0 Å². The highest BCUT2D eigenvalue weighted by molar-refractivity contribution is 7.92. The first-order valence-corrected chi connectivity index (χ1v) is 14.7. The standard InChI is InChI=1S/C30H36FN3O5S/c1-5-22(3)32-30(36)23(4)33(20-24-12-14-25(31)15-13-24)29(35)21-34(26-16-18-27(19-17-26)39-6-2)40(37,38)28-10-8-7-9-11-28/h7-19,22-23H,5-6,20-21H2,1-4H3,(H,32,36)/t22-,23-/m0/s1. The Balaban J connectivity index is 2.01. The minimum absolute atomic E-state index is 0.0172. The van der Waals surface area contributed by atoms with Gasteiger partial charge >= 0.3 is 0 Å². The van der Waals surface area contributed by atoms with Gasteiger partial charge in [0.2, 0.25) is 11.8 Å². The predicted molar refractivity (Wildman–Crippen MR) is 153 cm³/mol. The second kappa shape index (κ2) is 13.9. The molecule has 2 atom stereocenters. The van der Waals surface area contributed by atoms with Crippen LogP contribution in [-0.2, 0) is 26.2 Å². The molecular formula is C30H36FN3O5S. The Kier molecular flexibility index (Phi) is 10.7. The Bertz CT molecular complexity index is 1370. The van der Waals surface area contributed by atoms with Crippen LogP contribution >= 0.6 is 0 Å². The van der Waals surface area contributed by atoms with E-state index < -0.39 is 34.3 Å². The fourth-order valence-corrected chi connectivity index (χ4v) is 5.39. The maximum atomic E-state index is 13.9. The maximum absolute atomic E-state index is 13.9. The molecule has 0 heterocycles. The lowest BCUT2D eigenvalue weighted by molar-refractivity contribution is -0.139. The maximum Gasteiger partial charge on any atom is 0.264 e.